The van der Waals surface area contributed by atoms with E-state index in [1.54, 1.807) is 23.1 Å². The van der Waals surface area contributed by atoms with Crippen LogP contribution in [0.5, 0.6) is 5.75 Å². The van der Waals surface area contributed by atoms with Gasteiger partial charge in [-0.2, -0.15) is 0 Å². The van der Waals surface area contributed by atoms with Crippen LogP contribution in [0.15, 0.2) is 52.9 Å². The SMILES string of the molecule is Cc1cccc(OCCSc2nnc(Nc3ccccc3C)s2)c1. The van der Waals surface area contributed by atoms with Crippen molar-refractivity contribution in [2.24, 2.45) is 0 Å². The molecular weight excluding hydrogens is 338 g/mol. The number of ether oxygens (including phenoxy) is 1. The highest BCUT2D eigenvalue weighted by molar-refractivity contribution is 8.01. The van der Waals surface area contributed by atoms with Gasteiger partial charge in [-0.05, 0) is 43.2 Å². The van der Waals surface area contributed by atoms with Gasteiger partial charge in [0.2, 0.25) is 5.13 Å². The number of aryl methyl sites for hydroxylation is 2. The molecule has 0 amide bonds. The first-order chi connectivity index (χ1) is 11.7. The van der Waals surface area contributed by atoms with Gasteiger partial charge < -0.3 is 10.1 Å². The molecule has 0 radical (unpaired) electrons. The Balaban J connectivity index is 1.47. The predicted molar refractivity (Wildman–Crippen MR) is 102 cm³/mol. The largest absolute Gasteiger partial charge is 0.493 e. The Morgan fingerprint density at radius 2 is 1.96 bits per heavy atom. The maximum Gasteiger partial charge on any atom is 0.210 e. The number of hydrogen-bond donors (Lipinski definition) is 1. The van der Waals surface area contributed by atoms with Gasteiger partial charge in [-0.25, -0.2) is 0 Å². The highest BCUT2D eigenvalue weighted by Gasteiger charge is 2.06. The van der Waals surface area contributed by atoms with E-state index in [-0.39, 0.29) is 0 Å². The minimum atomic E-state index is 0.647. The van der Waals surface area contributed by atoms with Gasteiger partial charge in [0.25, 0.3) is 0 Å². The molecular formula is C18H19N3OS2. The summed E-state index contributed by atoms with van der Waals surface area (Å²) in [5, 5.41) is 12.5. The van der Waals surface area contributed by atoms with Crippen molar-refractivity contribution in [2.45, 2.75) is 18.2 Å². The van der Waals surface area contributed by atoms with Crippen molar-refractivity contribution in [3.05, 3.63) is 59.7 Å². The molecule has 6 heteroatoms. The zero-order valence-corrected chi connectivity index (χ0v) is 15.3. The second kappa shape index (κ2) is 8.17. The molecule has 4 nitrogen and oxygen atoms in total. The molecule has 2 aromatic carbocycles. The number of hydrogen-bond acceptors (Lipinski definition) is 6. The molecule has 1 aromatic heterocycles. The molecule has 1 N–H and O–H groups in total. The van der Waals surface area contributed by atoms with Crippen molar-refractivity contribution >= 4 is 33.9 Å². The summed E-state index contributed by atoms with van der Waals surface area (Å²) in [6, 6.07) is 16.2. The third kappa shape index (κ3) is 4.72. The quantitative estimate of drug-likeness (QED) is 0.472. The highest BCUT2D eigenvalue weighted by atomic mass is 32.2. The first-order valence-electron chi connectivity index (χ1n) is 7.69. The number of rotatable bonds is 7. The van der Waals surface area contributed by atoms with Crippen LogP contribution in [-0.4, -0.2) is 22.6 Å². The van der Waals surface area contributed by atoms with Gasteiger partial charge in [-0.15, -0.1) is 10.2 Å². The van der Waals surface area contributed by atoms with Crippen LogP contribution < -0.4 is 10.1 Å². The van der Waals surface area contributed by atoms with Crippen molar-refractivity contribution in [3.8, 4) is 5.75 Å². The monoisotopic (exact) mass is 357 g/mol. The van der Waals surface area contributed by atoms with Gasteiger partial charge in [0.15, 0.2) is 4.34 Å². The predicted octanol–water partition coefficient (Wildman–Crippen LogP) is 5.07. The minimum absolute atomic E-state index is 0.647. The normalized spacial score (nSPS) is 10.6. The molecule has 124 valence electrons. The molecule has 0 aliphatic heterocycles. The van der Waals surface area contributed by atoms with Gasteiger partial charge in [0.05, 0.1) is 6.61 Å². The molecule has 0 saturated carbocycles. The van der Waals surface area contributed by atoms with E-state index in [2.05, 4.69) is 41.5 Å². The summed E-state index contributed by atoms with van der Waals surface area (Å²) in [5.41, 5.74) is 3.46. The molecule has 0 atom stereocenters. The summed E-state index contributed by atoms with van der Waals surface area (Å²) in [6.45, 7) is 4.78. The first-order valence-corrected chi connectivity index (χ1v) is 9.49. The standard InChI is InChI=1S/C18H19N3OS2/c1-13-6-5-8-15(12-13)22-10-11-23-18-21-20-17(24-18)19-16-9-4-3-7-14(16)2/h3-9,12H,10-11H2,1-2H3,(H,19,20). The molecule has 0 aliphatic carbocycles. The Bertz CT molecular complexity index is 804. The van der Waals surface area contributed by atoms with E-state index < -0.39 is 0 Å². The molecule has 1 heterocycles. The third-order valence-corrected chi connectivity index (χ3v) is 5.30. The van der Waals surface area contributed by atoms with E-state index in [0.717, 1.165) is 26.7 Å². The maximum absolute atomic E-state index is 5.75. The van der Waals surface area contributed by atoms with Gasteiger partial charge >= 0.3 is 0 Å². The molecule has 0 saturated heterocycles. The number of para-hydroxylation sites is 1. The van der Waals surface area contributed by atoms with Gasteiger partial charge in [-0.3, -0.25) is 0 Å². The van der Waals surface area contributed by atoms with E-state index in [1.165, 1.54) is 11.1 Å². The van der Waals surface area contributed by atoms with Crippen molar-refractivity contribution in [3.63, 3.8) is 0 Å². The lowest BCUT2D eigenvalue weighted by molar-refractivity contribution is 0.343. The van der Waals surface area contributed by atoms with Crippen molar-refractivity contribution in [1.82, 2.24) is 10.2 Å². The molecule has 0 fully saturated rings. The van der Waals surface area contributed by atoms with E-state index in [9.17, 15) is 0 Å². The summed E-state index contributed by atoms with van der Waals surface area (Å²) < 4.78 is 6.69. The molecule has 24 heavy (non-hydrogen) atoms. The number of aromatic nitrogens is 2. The number of nitrogens with one attached hydrogen (secondary N) is 1. The van der Waals surface area contributed by atoms with Crippen LogP contribution in [0, 0.1) is 13.8 Å². The van der Waals surface area contributed by atoms with E-state index in [1.807, 2.05) is 36.4 Å². The van der Waals surface area contributed by atoms with Gasteiger partial charge in [-0.1, -0.05) is 53.4 Å². The van der Waals surface area contributed by atoms with Crippen molar-refractivity contribution in [1.29, 1.82) is 0 Å². The second-order valence-corrected chi connectivity index (χ2v) is 7.65. The first kappa shape index (κ1) is 16.8. The van der Waals surface area contributed by atoms with Crippen LogP contribution in [0.3, 0.4) is 0 Å². The lowest BCUT2D eigenvalue weighted by Crippen LogP contribution is -1.99. The van der Waals surface area contributed by atoms with Crippen molar-refractivity contribution in [2.75, 3.05) is 17.7 Å². The number of anilines is 2. The van der Waals surface area contributed by atoms with Crippen LogP contribution in [0.25, 0.3) is 0 Å². The van der Waals surface area contributed by atoms with E-state index in [0.29, 0.717) is 6.61 Å². The maximum atomic E-state index is 5.75. The topological polar surface area (TPSA) is 47.0 Å². The fraction of sp³-hybridized carbons (Fsp3) is 0.222. The Morgan fingerprint density at radius 3 is 2.79 bits per heavy atom. The van der Waals surface area contributed by atoms with E-state index in [4.69, 9.17) is 4.74 Å². The minimum Gasteiger partial charge on any atom is -0.493 e. The zero-order chi connectivity index (χ0) is 16.8. The summed E-state index contributed by atoms with van der Waals surface area (Å²) in [4.78, 5) is 0. The smallest absolute Gasteiger partial charge is 0.210 e. The Labute approximate surface area is 150 Å². The fourth-order valence-corrected chi connectivity index (χ4v) is 3.79. The molecule has 0 spiro atoms. The summed E-state index contributed by atoms with van der Waals surface area (Å²) >= 11 is 3.22. The number of nitrogens with zero attached hydrogens (tertiary/aromatic N) is 2. The summed E-state index contributed by atoms with van der Waals surface area (Å²) in [5.74, 6) is 1.75. The van der Waals surface area contributed by atoms with Crippen LogP contribution in [-0.2, 0) is 0 Å². The Kier molecular flexibility index (Phi) is 5.72. The molecule has 0 unspecified atom stereocenters. The number of thioether (sulfide) groups is 1. The average Bonchev–Trinajstić information content (AvgIpc) is 3.01. The molecule has 3 aromatic rings. The second-order valence-electron chi connectivity index (χ2n) is 5.33. The zero-order valence-electron chi connectivity index (χ0n) is 13.7. The fourth-order valence-electron chi connectivity index (χ4n) is 2.14. The Morgan fingerprint density at radius 1 is 1.08 bits per heavy atom. The van der Waals surface area contributed by atoms with Crippen LogP contribution >= 0.6 is 23.1 Å². The van der Waals surface area contributed by atoms with E-state index >= 15 is 0 Å². The molecule has 3 rings (SSSR count). The third-order valence-electron chi connectivity index (χ3n) is 3.36. The molecule has 0 bridgehead atoms. The molecule has 0 aliphatic rings. The lowest BCUT2D eigenvalue weighted by Gasteiger charge is -2.05. The lowest BCUT2D eigenvalue weighted by atomic mass is 10.2. The van der Waals surface area contributed by atoms with Crippen molar-refractivity contribution < 1.29 is 4.74 Å². The van der Waals surface area contributed by atoms with Crippen LogP contribution in [0.4, 0.5) is 10.8 Å². The summed E-state index contributed by atoms with van der Waals surface area (Å²) in [6.07, 6.45) is 0. The Hall–Kier alpha value is -2.05. The highest BCUT2D eigenvalue weighted by Crippen LogP contribution is 2.28. The number of benzene rings is 2. The van der Waals surface area contributed by atoms with Crippen LogP contribution in [0.2, 0.25) is 0 Å². The van der Waals surface area contributed by atoms with Gasteiger partial charge in [0.1, 0.15) is 5.75 Å². The van der Waals surface area contributed by atoms with Crippen LogP contribution in [0.1, 0.15) is 11.1 Å². The summed E-state index contributed by atoms with van der Waals surface area (Å²) in [7, 11) is 0. The van der Waals surface area contributed by atoms with Gasteiger partial charge in [0, 0.05) is 11.4 Å². The average molecular weight is 358 g/mol.